The van der Waals surface area contributed by atoms with Gasteiger partial charge in [-0.1, -0.05) is 220 Å². The Bertz CT molecular complexity index is 3860. The quantitative estimate of drug-likeness (QED) is 0.159. The monoisotopic (exact) mass is 907 g/mol. The number of hydrogen-bond acceptors (Lipinski definition) is 5. The minimum Gasteiger partial charge on any atom is -0.228 e. The fraction of sp³-hybridized carbons (Fsp3) is 0.0758. The van der Waals surface area contributed by atoms with Crippen molar-refractivity contribution in [2.24, 2.45) is 0 Å². The summed E-state index contributed by atoms with van der Waals surface area (Å²) in [6, 6.07) is 80.2. The summed E-state index contributed by atoms with van der Waals surface area (Å²) in [6.45, 7) is 4.69. The molecule has 11 aromatic rings. The van der Waals surface area contributed by atoms with Gasteiger partial charge in [0.15, 0.2) is 23.3 Å². The molecule has 2 heterocycles. The molecule has 0 radical (unpaired) electrons. The molecule has 0 saturated carbocycles. The molecule has 5 heteroatoms. The summed E-state index contributed by atoms with van der Waals surface area (Å²) >= 11 is 0. The lowest BCUT2D eigenvalue weighted by molar-refractivity contribution is 0.660. The molecule has 2 aromatic heterocycles. The van der Waals surface area contributed by atoms with E-state index < -0.39 is 0 Å². The number of aromatic nitrogens is 5. The summed E-state index contributed by atoms with van der Waals surface area (Å²) in [5.74, 6) is 2.74. The van der Waals surface area contributed by atoms with Gasteiger partial charge in [-0.05, 0) is 85.0 Å². The first kappa shape index (κ1) is 41.1. The fourth-order valence-electron chi connectivity index (χ4n) is 11.8. The minimum absolute atomic E-state index is 0.0367. The zero-order valence-corrected chi connectivity index (χ0v) is 39.3. The molecule has 2 bridgehead atoms. The highest BCUT2D eigenvalue weighted by Gasteiger charge is 2.42. The molecule has 4 aliphatic carbocycles. The van der Waals surface area contributed by atoms with Gasteiger partial charge >= 0.3 is 0 Å². The molecule has 0 spiro atoms. The summed E-state index contributed by atoms with van der Waals surface area (Å²) in [5.41, 5.74) is 23.3. The smallest absolute Gasteiger partial charge is 0.164 e. The van der Waals surface area contributed by atoms with E-state index in [9.17, 15) is 0 Å². The van der Waals surface area contributed by atoms with Gasteiger partial charge in [0.1, 0.15) is 0 Å². The van der Waals surface area contributed by atoms with E-state index in [-0.39, 0.29) is 17.3 Å². The summed E-state index contributed by atoms with van der Waals surface area (Å²) in [5, 5.41) is 0. The van der Waals surface area contributed by atoms with E-state index in [4.69, 9.17) is 24.9 Å². The molecule has 2 atom stereocenters. The van der Waals surface area contributed by atoms with E-state index in [2.05, 4.69) is 196 Å². The molecule has 9 aromatic carbocycles. The lowest BCUT2D eigenvalue weighted by Crippen LogP contribution is -2.27. The van der Waals surface area contributed by atoms with E-state index in [0.29, 0.717) is 23.3 Å². The maximum Gasteiger partial charge on any atom is 0.164 e. The molecular weight excluding hydrogens is 863 g/mol. The van der Waals surface area contributed by atoms with E-state index in [1.165, 1.54) is 61.2 Å². The average Bonchev–Trinajstić information content (AvgIpc) is 3.69. The molecular formula is C66H45N5. The van der Waals surface area contributed by atoms with E-state index >= 15 is 0 Å². The lowest BCUT2D eigenvalue weighted by Gasteiger charge is -2.42. The minimum atomic E-state index is -0.109. The molecule has 15 rings (SSSR count). The van der Waals surface area contributed by atoms with Crippen molar-refractivity contribution in [1.82, 2.24) is 24.9 Å². The Balaban J connectivity index is 0.903. The third-order valence-electron chi connectivity index (χ3n) is 15.1. The number of fused-ring (bicyclic) bond motifs is 3. The molecule has 0 saturated heterocycles. The maximum atomic E-state index is 5.39. The van der Waals surface area contributed by atoms with Crippen molar-refractivity contribution >= 4 is 0 Å². The second kappa shape index (κ2) is 16.1. The van der Waals surface area contributed by atoms with Crippen molar-refractivity contribution in [2.75, 3.05) is 0 Å². The van der Waals surface area contributed by atoms with Crippen molar-refractivity contribution in [2.45, 2.75) is 31.1 Å². The molecule has 4 aliphatic rings. The first-order valence-corrected chi connectivity index (χ1v) is 24.5. The van der Waals surface area contributed by atoms with Gasteiger partial charge in [-0.2, -0.15) is 0 Å². The van der Waals surface area contributed by atoms with Crippen molar-refractivity contribution in [3.63, 3.8) is 0 Å². The van der Waals surface area contributed by atoms with Crippen LogP contribution in [-0.2, 0) is 5.41 Å². The van der Waals surface area contributed by atoms with Crippen LogP contribution in [0.3, 0.4) is 0 Å². The highest BCUT2D eigenvalue weighted by atomic mass is 15.0. The standard InChI is InChI=1S/C66H45N5/c1-66(2)55-31-17-16-29-52(55)61-47(30-18-32-56(61)66)45-25-12-13-26-46(45)58-39-57(67-62(68-58)40-19-6-3-7-20-40)43-33-35-50-53(37-43)59-48-27-14-15-28-49(48)60(50)54-38-44(34-36-51(54)59)65-70-63(41-21-8-4-9-22-41)69-64(71-65)42-23-10-5-11-24-42/h3-39,59-60H,1-2H3. The largest absolute Gasteiger partial charge is 0.228 e. The van der Waals surface area contributed by atoms with Crippen molar-refractivity contribution in [1.29, 1.82) is 0 Å². The van der Waals surface area contributed by atoms with E-state index in [1.807, 2.05) is 42.5 Å². The Labute approximate surface area is 413 Å². The van der Waals surface area contributed by atoms with Gasteiger partial charge in [0.2, 0.25) is 0 Å². The van der Waals surface area contributed by atoms with Crippen LogP contribution in [0.25, 0.3) is 90.3 Å². The average molecular weight is 908 g/mol. The molecule has 2 unspecified atom stereocenters. The summed E-state index contributed by atoms with van der Waals surface area (Å²) in [4.78, 5) is 26.0. The maximum absolute atomic E-state index is 5.39. The van der Waals surface area contributed by atoms with Gasteiger partial charge < -0.3 is 0 Å². The SMILES string of the molecule is CC1(C)c2ccccc2-c2c(-c3ccccc3-c3cc(-c4ccc5c(c4)C4c6ccccc6C5c5cc(-c6nc(-c7ccccc7)nc(-c7ccccc7)n6)ccc54)nc(-c4ccccc4)n3)cccc21. The zero-order chi connectivity index (χ0) is 47.2. The van der Waals surface area contributed by atoms with Crippen LogP contribution in [0.2, 0.25) is 0 Å². The third kappa shape index (κ3) is 6.57. The van der Waals surface area contributed by atoms with Crippen LogP contribution in [0, 0.1) is 0 Å². The van der Waals surface area contributed by atoms with Gasteiger partial charge in [-0.25, -0.2) is 24.9 Å². The highest BCUT2D eigenvalue weighted by Crippen LogP contribution is 2.57. The molecule has 0 aliphatic heterocycles. The summed E-state index contributed by atoms with van der Waals surface area (Å²) < 4.78 is 0. The van der Waals surface area contributed by atoms with Gasteiger partial charge in [0, 0.05) is 50.6 Å². The molecule has 5 nitrogen and oxygen atoms in total. The molecule has 71 heavy (non-hydrogen) atoms. The van der Waals surface area contributed by atoms with Crippen LogP contribution in [-0.4, -0.2) is 24.9 Å². The normalized spacial score (nSPS) is 15.3. The second-order valence-electron chi connectivity index (χ2n) is 19.5. The van der Waals surface area contributed by atoms with Crippen LogP contribution in [0.15, 0.2) is 224 Å². The second-order valence-corrected chi connectivity index (χ2v) is 19.5. The summed E-state index contributed by atoms with van der Waals surface area (Å²) in [7, 11) is 0. The topological polar surface area (TPSA) is 64.5 Å². The fourth-order valence-corrected chi connectivity index (χ4v) is 11.8. The molecule has 0 amide bonds. The summed E-state index contributed by atoms with van der Waals surface area (Å²) in [6.07, 6.45) is 0. The van der Waals surface area contributed by atoms with Crippen molar-refractivity contribution in [3.8, 4) is 90.3 Å². The van der Waals surface area contributed by atoms with Crippen LogP contribution >= 0.6 is 0 Å². The molecule has 0 N–H and O–H groups in total. The Hall–Kier alpha value is -8.93. The number of rotatable bonds is 7. The van der Waals surface area contributed by atoms with E-state index in [1.54, 1.807) is 0 Å². The number of hydrogen-bond donors (Lipinski definition) is 0. The van der Waals surface area contributed by atoms with Crippen molar-refractivity contribution < 1.29 is 0 Å². The molecule has 334 valence electrons. The Kier molecular flexibility index (Phi) is 9.30. The van der Waals surface area contributed by atoms with Gasteiger partial charge in [-0.15, -0.1) is 0 Å². The molecule has 0 fully saturated rings. The first-order chi connectivity index (χ1) is 35.0. The van der Waals surface area contributed by atoms with Crippen LogP contribution in [0.4, 0.5) is 0 Å². The first-order valence-electron chi connectivity index (χ1n) is 24.5. The van der Waals surface area contributed by atoms with Gasteiger partial charge in [0.05, 0.1) is 11.4 Å². The lowest BCUT2D eigenvalue weighted by atomic mass is 9.60. The van der Waals surface area contributed by atoms with Crippen LogP contribution in [0.5, 0.6) is 0 Å². The highest BCUT2D eigenvalue weighted by molar-refractivity contribution is 5.97. The van der Waals surface area contributed by atoms with Gasteiger partial charge in [0.25, 0.3) is 0 Å². The van der Waals surface area contributed by atoms with Crippen LogP contribution < -0.4 is 0 Å². The van der Waals surface area contributed by atoms with Gasteiger partial charge in [-0.3, -0.25) is 0 Å². The Morgan fingerprint density at radius 2 is 0.704 bits per heavy atom. The van der Waals surface area contributed by atoms with E-state index in [0.717, 1.165) is 50.3 Å². The number of nitrogens with zero attached hydrogens (tertiary/aromatic N) is 5. The third-order valence-corrected chi connectivity index (χ3v) is 15.1. The zero-order valence-electron chi connectivity index (χ0n) is 39.3. The number of benzene rings is 9. The van der Waals surface area contributed by atoms with Crippen molar-refractivity contribution in [3.05, 3.63) is 269 Å². The predicted octanol–water partition coefficient (Wildman–Crippen LogP) is 15.6. The van der Waals surface area contributed by atoms with Crippen LogP contribution in [0.1, 0.15) is 70.2 Å². The Morgan fingerprint density at radius 3 is 1.31 bits per heavy atom. The Morgan fingerprint density at radius 1 is 0.282 bits per heavy atom. The predicted molar refractivity (Wildman–Crippen MR) is 286 cm³/mol.